The van der Waals surface area contributed by atoms with Crippen LogP contribution in [-0.4, -0.2) is 19.0 Å². The number of benzene rings is 2. The first kappa shape index (κ1) is 14.3. The van der Waals surface area contributed by atoms with Crippen LogP contribution in [0, 0.1) is 6.92 Å². The van der Waals surface area contributed by atoms with Gasteiger partial charge in [0.2, 0.25) is 0 Å². The van der Waals surface area contributed by atoms with Crippen molar-refractivity contribution in [3.8, 4) is 11.5 Å². The number of para-hydroxylation sites is 1. The molecule has 1 aliphatic rings. The summed E-state index contributed by atoms with van der Waals surface area (Å²) in [6, 6.07) is 14.0. The highest BCUT2D eigenvalue weighted by molar-refractivity contribution is 7.99. The molecule has 0 aromatic heterocycles. The van der Waals surface area contributed by atoms with Crippen LogP contribution in [0.15, 0.2) is 47.4 Å². The van der Waals surface area contributed by atoms with Gasteiger partial charge in [-0.05, 0) is 42.3 Å². The fraction of sp³-hybridized carbons (Fsp3) is 0.294. The van der Waals surface area contributed by atoms with E-state index < -0.39 is 0 Å². The highest BCUT2D eigenvalue weighted by Crippen LogP contribution is 2.38. The molecule has 0 bridgehead atoms. The third-order valence-corrected chi connectivity index (χ3v) is 4.91. The first-order valence-corrected chi connectivity index (χ1v) is 7.96. The molecule has 110 valence electrons. The molecular weight excluding hydrogens is 282 g/mol. The fourth-order valence-corrected chi connectivity index (χ4v) is 3.61. The summed E-state index contributed by atoms with van der Waals surface area (Å²) in [5, 5.41) is 0. The molecule has 0 radical (unpaired) electrons. The van der Waals surface area contributed by atoms with Gasteiger partial charge >= 0.3 is 0 Å². The van der Waals surface area contributed by atoms with Crippen molar-refractivity contribution in [2.45, 2.75) is 24.0 Å². The number of thioether (sulfide) groups is 1. The minimum absolute atomic E-state index is 0.0167. The third-order valence-electron chi connectivity index (χ3n) is 3.77. The van der Waals surface area contributed by atoms with E-state index in [0.717, 1.165) is 28.4 Å². The topological polar surface area (TPSA) is 44.5 Å². The second kappa shape index (κ2) is 6.00. The number of aryl methyl sites for hydroxylation is 1. The molecule has 0 saturated heterocycles. The van der Waals surface area contributed by atoms with Crippen molar-refractivity contribution in [3.63, 3.8) is 0 Å². The monoisotopic (exact) mass is 301 g/mol. The summed E-state index contributed by atoms with van der Waals surface area (Å²) < 4.78 is 11.3. The number of methoxy groups -OCH3 is 1. The molecule has 21 heavy (non-hydrogen) atoms. The highest BCUT2D eigenvalue weighted by Gasteiger charge is 2.27. The van der Waals surface area contributed by atoms with Crippen molar-refractivity contribution in [1.29, 1.82) is 0 Å². The lowest BCUT2D eigenvalue weighted by molar-refractivity contribution is 0.185. The zero-order valence-corrected chi connectivity index (χ0v) is 13.0. The molecule has 1 heterocycles. The van der Waals surface area contributed by atoms with Gasteiger partial charge in [-0.25, -0.2) is 0 Å². The first-order chi connectivity index (χ1) is 10.2. The molecule has 2 aromatic rings. The summed E-state index contributed by atoms with van der Waals surface area (Å²) in [6.07, 6.45) is -0.0167. The number of rotatable bonds is 3. The number of hydrogen-bond acceptors (Lipinski definition) is 4. The molecule has 0 amide bonds. The van der Waals surface area contributed by atoms with Crippen LogP contribution in [0.4, 0.5) is 0 Å². The highest BCUT2D eigenvalue weighted by atomic mass is 32.2. The van der Waals surface area contributed by atoms with E-state index in [0.29, 0.717) is 0 Å². The van der Waals surface area contributed by atoms with Gasteiger partial charge in [0.25, 0.3) is 0 Å². The normalized spacial score (nSPS) is 18.5. The third kappa shape index (κ3) is 2.87. The average molecular weight is 301 g/mol. The van der Waals surface area contributed by atoms with Gasteiger partial charge in [-0.1, -0.05) is 18.2 Å². The lowest BCUT2D eigenvalue weighted by Crippen LogP contribution is -2.35. The Hall–Kier alpha value is -1.65. The fourth-order valence-electron chi connectivity index (χ4n) is 2.56. The molecule has 2 aromatic carbocycles. The molecule has 1 aliphatic heterocycles. The quantitative estimate of drug-likeness (QED) is 0.941. The van der Waals surface area contributed by atoms with Crippen LogP contribution in [0.1, 0.15) is 17.2 Å². The number of hydrogen-bond donors (Lipinski definition) is 1. The molecule has 0 saturated carbocycles. The molecule has 3 rings (SSSR count). The van der Waals surface area contributed by atoms with E-state index in [1.807, 2.05) is 36.4 Å². The second-order valence-corrected chi connectivity index (χ2v) is 6.22. The van der Waals surface area contributed by atoms with Crippen LogP contribution in [0.25, 0.3) is 0 Å². The molecule has 2 N–H and O–H groups in total. The SMILES string of the molecule is COc1ccc(C(N)C2CSc3ccccc3O2)c(C)c1. The Kier molecular flexibility index (Phi) is 4.08. The Morgan fingerprint density at radius 1 is 1.29 bits per heavy atom. The molecule has 2 unspecified atom stereocenters. The number of nitrogens with two attached hydrogens (primary N) is 1. The summed E-state index contributed by atoms with van der Waals surface area (Å²) in [7, 11) is 1.67. The van der Waals surface area contributed by atoms with Gasteiger partial charge in [-0.15, -0.1) is 11.8 Å². The Morgan fingerprint density at radius 2 is 2.10 bits per heavy atom. The average Bonchev–Trinajstić information content (AvgIpc) is 2.53. The van der Waals surface area contributed by atoms with Crippen molar-refractivity contribution in [2.75, 3.05) is 12.9 Å². The Balaban J connectivity index is 1.82. The van der Waals surface area contributed by atoms with Crippen LogP contribution in [0.5, 0.6) is 11.5 Å². The van der Waals surface area contributed by atoms with Crippen molar-refractivity contribution in [3.05, 3.63) is 53.6 Å². The van der Waals surface area contributed by atoms with Crippen LogP contribution in [0.2, 0.25) is 0 Å². The van der Waals surface area contributed by atoms with Gasteiger partial charge in [0.05, 0.1) is 13.2 Å². The summed E-state index contributed by atoms with van der Waals surface area (Å²) >= 11 is 1.80. The van der Waals surface area contributed by atoms with Gasteiger partial charge in [-0.2, -0.15) is 0 Å². The molecule has 0 spiro atoms. The van der Waals surface area contributed by atoms with E-state index in [-0.39, 0.29) is 12.1 Å². The van der Waals surface area contributed by atoms with E-state index in [1.54, 1.807) is 18.9 Å². The Labute approximate surface area is 129 Å². The molecule has 4 heteroatoms. The molecule has 3 nitrogen and oxygen atoms in total. The summed E-state index contributed by atoms with van der Waals surface area (Å²) in [5.41, 5.74) is 8.69. The Morgan fingerprint density at radius 3 is 2.86 bits per heavy atom. The minimum Gasteiger partial charge on any atom is -0.497 e. The lowest BCUT2D eigenvalue weighted by Gasteiger charge is -2.30. The standard InChI is InChI=1S/C17H19NO2S/c1-11-9-12(19-2)7-8-13(11)17(18)15-10-21-16-6-4-3-5-14(16)20-15/h3-9,15,17H,10,18H2,1-2H3. The molecule has 2 atom stereocenters. The Bertz CT molecular complexity index is 644. The molecular formula is C17H19NO2S. The van der Waals surface area contributed by atoms with Crippen LogP contribution in [0.3, 0.4) is 0 Å². The van der Waals surface area contributed by atoms with Crippen molar-refractivity contribution in [2.24, 2.45) is 5.73 Å². The van der Waals surface area contributed by atoms with Gasteiger partial charge in [0.1, 0.15) is 17.6 Å². The van der Waals surface area contributed by atoms with E-state index in [2.05, 4.69) is 13.0 Å². The first-order valence-electron chi connectivity index (χ1n) is 6.97. The van der Waals surface area contributed by atoms with Crippen molar-refractivity contribution < 1.29 is 9.47 Å². The van der Waals surface area contributed by atoms with Crippen molar-refractivity contribution in [1.82, 2.24) is 0 Å². The molecule has 0 aliphatic carbocycles. The van der Waals surface area contributed by atoms with Crippen LogP contribution >= 0.6 is 11.8 Å². The summed E-state index contributed by atoms with van der Waals surface area (Å²) in [4.78, 5) is 1.19. The van der Waals surface area contributed by atoms with E-state index in [9.17, 15) is 0 Å². The molecule has 0 fully saturated rings. The van der Waals surface area contributed by atoms with Gasteiger partial charge in [-0.3, -0.25) is 0 Å². The second-order valence-electron chi connectivity index (χ2n) is 5.16. The maximum absolute atomic E-state index is 6.44. The van der Waals surface area contributed by atoms with E-state index >= 15 is 0 Å². The van der Waals surface area contributed by atoms with Crippen LogP contribution in [-0.2, 0) is 0 Å². The largest absolute Gasteiger partial charge is 0.497 e. The van der Waals surface area contributed by atoms with Gasteiger partial charge in [0, 0.05) is 10.6 Å². The predicted octanol–water partition coefficient (Wildman–Crippen LogP) is 3.56. The van der Waals surface area contributed by atoms with Crippen LogP contribution < -0.4 is 15.2 Å². The van der Waals surface area contributed by atoms with E-state index in [1.165, 1.54) is 4.90 Å². The van der Waals surface area contributed by atoms with Crippen molar-refractivity contribution >= 4 is 11.8 Å². The predicted molar refractivity (Wildman–Crippen MR) is 86.2 cm³/mol. The maximum atomic E-state index is 6.44. The number of ether oxygens (including phenoxy) is 2. The van der Waals surface area contributed by atoms with Gasteiger partial charge < -0.3 is 15.2 Å². The van der Waals surface area contributed by atoms with E-state index in [4.69, 9.17) is 15.2 Å². The lowest BCUT2D eigenvalue weighted by atomic mass is 9.98. The zero-order chi connectivity index (χ0) is 14.8. The zero-order valence-electron chi connectivity index (χ0n) is 12.2. The summed E-state index contributed by atoms with van der Waals surface area (Å²) in [6.45, 7) is 2.06. The number of fused-ring (bicyclic) bond motifs is 1. The minimum atomic E-state index is -0.142. The smallest absolute Gasteiger partial charge is 0.133 e. The van der Waals surface area contributed by atoms with Gasteiger partial charge in [0.15, 0.2) is 0 Å². The summed E-state index contributed by atoms with van der Waals surface area (Å²) in [5.74, 6) is 2.65. The maximum Gasteiger partial charge on any atom is 0.133 e.